The average molecular weight is 235 g/mol. The van der Waals surface area contributed by atoms with Crippen molar-refractivity contribution < 1.29 is 15.0 Å². The molecule has 0 radical (unpaired) electrons. The maximum atomic E-state index is 11.8. The molecule has 0 bridgehead atoms. The molecule has 0 aromatic heterocycles. The standard InChI is InChI=1S/C13H17NO3/c1-9(14-7-3-2-4-13(14)17)11-6-5-10(15)8-12(11)16/h5-6,8-9,15-16H,2-4,7H2,1H3. The van der Waals surface area contributed by atoms with Crippen molar-refractivity contribution in [2.24, 2.45) is 0 Å². The van der Waals surface area contributed by atoms with Crippen molar-refractivity contribution in [3.05, 3.63) is 23.8 Å². The second kappa shape index (κ2) is 4.65. The summed E-state index contributed by atoms with van der Waals surface area (Å²) < 4.78 is 0. The van der Waals surface area contributed by atoms with Crippen LogP contribution in [0.25, 0.3) is 0 Å². The number of rotatable bonds is 2. The Morgan fingerprint density at radius 3 is 2.71 bits per heavy atom. The van der Waals surface area contributed by atoms with E-state index >= 15 is 0 Å². The molecule has 0 aliphatic carbocycles. The first kappa shape index (κ1) is 11.8. The molecule has 0 saturated carbocycles. The number of hydrogen-bond donors (Lipinski definition) is 2. The number of phenolic OH excluding ortho intramolecular Hbond substituents is 2. The van der Waals surface area contributed by atoms with Crippen LogP contribution in [0.15, 0.2) is 18.2 Å². The van der Waals surface area contributed by atoms with Crippen molar-refractivity contribution >= 4 is 5.91 Å². The molecule has 1 heterocycles. The van der Waals surface area contributed by atoms with E-state index in [9.17, 15) is 15.0 Å². The number of benzene rings is 1. The van der Waals surface area contributed by atoms with Crippen molar-refractivity contribution in [1.82, 2.24) is 4.90 Å². The van der Waals surface area contributed by atoms with Gasteiger partial charge in [-0.25, -0.2) is 0 Å². The Hall–Kier alpha value is -1.71. The van der Waals surface area contributed by atoms with Gasteiger partial charge in [0.05, 0.1) is 6.04 Å². The highest BCUT2D eigenvalue weighted by molar-refractivity contribution is 5.77. The molecule has 4 nitrogen and oxygen atoms in total. The van der Waals surface area contributed by atoms with Crippen molar-refractivity contribution in [3.8, 4) is 11.5 Å². The summed E-state index contributed by atoms with van der Waals surface area (Å²) in [5.41, 5.74) is 0.679. The van der Waals surface area contributed by atoms with Gasteiger partial charge in [0.25, 0.3) is 0 Å². The van der Waals surface area contributed by atoms with Crippen molar-refractivity contribution in [2.45, 2.75) is 32.2 Å². The van der Waals surface area contributed by atoms with Gasteiger partial charge >= 0.3 is 0 Å². The number of carbonyl (C=O) groups excluding carboxylic acids is 1. The van der Waals surface area contributed by atoms with E-state index in [2.05, 4.69) is 0 Å². The maximum absolute atomic E-state index is 11.8. The van der Waals surface area contributed by atoms with Crippen LogP contribution in [0.4, 0.5) is 0 Å². The van der Waals surface area contributed by atoms with E-state index in [1.807, 2.05) is 6.92 Å². The Labute approximate surface area is 100 Å². The molecule has 0 spiro atoms. The van der Waals surface area contributed by atoms with Crippen molar-refractivity contribution in [3.63, 3.8) is 0 Å². The summed E-state index contributed by atoms with van der Waals surface area (Å²) in [6.07, 6.45) is 2.54. The first-order valence-electron chi connectivity index (χ1n) is 5.91. The summed E-state index contributed by atoms with van der Waals surface area (Å²) >= 11 is 0. The third-order valence-electron chi connectivity index (χ3n) is 3.29. The lowest BCUT2D eigenvalue weighted by molar-refractivity contribution is -0.135. The molecule has 2 N–H and O–H groups in total. The molecule has 4 heteroatoms. The number of hydrogen-bond acceptors (Lipinski definition) is 3. The molecule has 17 heavy (non-hydrogen) atoms. The van der Waals surface area contributed by atoms with Crippen LogP contribution >= 0.6 is 0 Å². The van der Waals surface area contributed by atoms with Crippen LogP contribution in [0, 0.1) is 0 Å². The second-order valence-electron chi connectivity index (χ2n) is 4.46. The molecule has 1 atom stereocenters. The van der Waals surface area contributed by atoms with E-state index in [-0.39, 0.29) is 23.4 Å². The summed E-state index contributed by atoms with van der Waals surface area (Å²) in [4.78, 5) is 13.6. The normalized spacial score (nSPS) is 18.2. The fourth-order valence-electron chi connectivity index (χ4n) is 2.29. The summed E-state index contributed by atoms with van der Waals surface area (Å²) in [6, 6.07) is 4.35. The van der Waals surface area contributed by atoms with Crippen LogP contribution in [0.3, 0.4) is 0 Å². The smallest absolute Gasteiger partial charge is 0.223 e. The monoisotopic (exact) mass is 235 g/mol. The van der Waals surface area contributed by atoms with E-state index in [0.29, 0.717) is 12.0 Å². The van der Waals surface area contributed by atoms with Gasteiger partial charge in [0, 0.05) is 24.6 Å². The first-order chi connectivity index (χ1) is 8.09. The van der Waals surface area contributed by atoms with E-state index in [1.165, 1.54) is 12.1 Å². The number of aromatic hydroxyl groups is 2. The van der Waals surface area contributed by atoms with Gasteiger partial charge in [0.15, 0.2) is 0 Å². The number of likely N-dealkylation sites (tertiary alicyclic amines) is 1. The fraction of sp³-hybridized carbons (Fsp3) is 0.462. The highest BCUT2D eigenvalue weighted by Crippen LogP contribution is 2.32. The zero-order valence-corrected chi connectivity index (χ0v) is 9.89. The van der Waals surface area contributed by atoms with E-state index < -0.39 is 0 Å². The van der Waals surface area contributed by atoms with Crippen LogP contribution in [-0.2, 0) is 4.79 Å². The minimum absolute atomic E-state index is 0.0309. The number of piperidine rings is 1. The van der Waals surface area contributed by atoms with Gasteiger partial charge < -0.3 is 15.1 Å². The third-order valence-corrected chi connectivity index (χ3v) is 3.29. The zero-order valence-electron chi connectivity index (χ0n) is 9.89. The SMILES string of the molecule is CC(c1ccc(O)cc1O)N1CCCCC1=O. The highest BCUT2D eigenvalue weighted by atomic mass is 16.3. The van der Waals surface area contributed by atoms with Gasteiger partial charge in [0.1, 0.15) is 11.5 Å². The number of amides is 1. The van der Waals surface area contributed by atoms with Crippen LogP contribution in [-0.4, -0.2) is 27.6 Å². The second-order valence-corrected chi connectivity index (χ2v) is 4.46. The van der Waals surface area contributed by atoms with Crippen LogP contribution in [0.2, 0.25) is 0 Å². The number of nitrogens with zero attached hydrogens (tertiary/aromatic N) is 1. The summed E-state index contributed by atoms with van der Waals surface area (Å²) in [6.45, 7) is 2.63. The molecule has 1 saturated heterocycles. The number of phenols is 2. The minimum Gasteiger partial charge on any atom is -0.508 e. The fourth-order valence-corrected chi connectivity index (χ4v) is 2.29. The molecule has 1 unspecified atom stereocenters. The molecule has 1 aliphatic rings. The summed E-state index contributed by atoms with van der Waals surface area (Å²) in [5.74, 6) is 0.204. The predicted octanol–water partition coefficient (Wildman–Crippen LogP) is 2.17. The Bertz CT molecular complexity index is 431. The van der Waals surface area contributed by atoms with Gasteiger partial charge in [-0.2, -0.15) is 0 Å². The predicted molar refractivity (Wildman–Crippen MR) is 63.8 cm³/mol. The maximum Gasteiger partial charge on any atom is 0.223 e. The van der Waals surface area contributed by atoms with Gasteiger partial charge in [0.2, 0.25) is 5.91 Å². The molecule has 1 fully saturated rings. The van der Waals surface area contributed by atoms with E-state index in [0.717, 1.165) is 19.4 Å². The van der Waals surface area contributed by atoms with Crippen molar-refractivity contribution in [1.29, 1.82) is 0 Å². The highest BCUT2D eigenvalue weighted by Gasteiger charge is 2.25. The quantitative estimate of drug-likeness (QED) is 0.825. The van der Waals surface area contributed by atoms with Gasteiger partial charge in [-0.05, 0) is 31.9 Å². The third kappa shape index (κ3) is 2.35. The topological polar surface area (TPSA) is 60.8 Å². The van der Waals surface area contributed by atoms with Gasteiger partial charge in [-0.3, -0.25) is 4.79 Å². The average Bonchev–Trinajstić information content (AvgIpc) is 2.29. The lowest BCUT2D eigenvalue weighted by atomic mass is 10.0. The zero-order chi connectivity index (χ0) is 12.4. The number of carbonyl (C=O) groups is 1. The molecular weight excluding hydrogens is 218 g/mol. The molecule has 1 aromatic rings. The molecule has 1 aliphatic heterocycles. The Morgan fingerprint density at radius 2 is 2.06 bits per heavy atom. The van der Waals surface area contributed by atoms with Crippen LogP contribution < -0.4 is 0 Å². The molecule has 92 valence electrons. The molecule has 1 aromatic carbocycles. The molecule has 1 amide bonds. The van der Waals surface area contributed by atoms with E-state index in [4.69, 9.17) is 0 Å². The Kier molecular flexibility index (Phi) is 3.22. The van der Waals surface area contributed by atoms with Crippen LogP contribution in [0.5, 0.6) is 11.5 Å². The Balaban J connectivity index is 2.23. The largest absolute Gasteiger partial charge is 0.508 e. The van der Waals surface area contributed by atoms with Crippen LogP contribution in [0.1, 0.15) is 37.8 Å². The molecular formula is C13H17NO3. The first-order valence-corrected chi connectivity index (χ1v) is 5.91. The van der Waals surface area contributed by atoms with Gasteiger partial charge in [-0.15, -0.1) is 0 Å². The lowest BCUT2D eigenvalue weighted by Gasteiger charge is -2.33. The van der Waals surface area contributed by atoms with Gasteiger partial charge in [-0.1, -0.05) is 0 Å². The summed E-state index contributed by atoms with van der Waals surface area (Å²) in [7, 11) is 0. The summed E-state index contributed by atoms with van der Waals surface area (Å²) in [5, 5.41) is 19.0. The van der Waals surface area contributed by atoms with E-state index in [1.54, 1.807) is 11.0 Å². The minimum atomic E-state index is -0.150. The lowest BCUT2D eigenvalue weighted by Crippen LogP contribution is -2.37. The molecule has 2 rings (SSSR count). The Morgan fingerprint density at radius 1 is 1.29 bits per heavy atom. The van der Waals surface area contributed by atoms with Crippen molar-refractivity contribution in [2.75, 3.05) is 6.54 Å².